The maximum atomic E-state index is 11.8. The van der Waals surface area contributed by atoms with E-state index in [2.05, 4.69) is 0 Å². The lowest BCUT2D eigenvalue weighted by Crippen LogP contribution is -2.10. The van der Waals surface area contributed by atoms with Gasteiger partial charge in [0, 0.05) is 17.4 Å². The summed E-state index contributed by atoms with van der Waals surface area (Å²) in [7, 11) is -13.5. The number of fused-ring (bicyclic) bond motifs is 3. The van der Waals surface area contributed by atoms with E-state index < -0.39 is 30.4 Å². The van der Waals surface area contributed by atoms with Gasteiger partial charge in [-0.25, -0.2) is 25.3 Å². The molecule has 0 bridgehead atoms. The molecule has 6 aromatic rings. The maximum Gasteiger partial charge on any atom is 0.125 e. The van der Waals surface area contributed by atoms with E-state index in [-0.39, 0.29) is 67.6 Å². The predicted molar refractivity (Wildman–Crippen MR) is 246 cm³/mol. The highest BCUT2D eigenvalue weighted by Crippen LogP contribution is 2.40. The molecule has 13 heteroatoms. The molecule has 0 aliphatic carbocycles. The third-order valence-electron chi connectivity index (χ3n) is 10.6. The zero-order chi connectivity index (χ0) is 45.2. The van der Waals surface area contributed by atoms with Crippen LogP contribution in [0.4, 0.5) is 0 Å². The van der Waals surface area contributed by atoms with E-state index in [9.17, 15) is 38.9 Å². The molecule has 61 heavy (non-hydrogen) atoms. The van der Waals surface area contributed by atoms with E-state index in [4.69, 9.17) is 0 Å². The molecule has 0 saturated heterocycles. The van der Waals surface area contributed by atoms with Gasteiger partial charge < -0.3 is 13.7 Å². The lowest BCUT2D eigenvalue weighted by molar-refractivity contribution is 0.460. The van der Waals surface area contributed by atoms with E-state index >= 15 is 0 Å². The van der Waals surface area contributed by atoms with Crippen LogP contribution >= 0.6 is 0 Å². The summed E-state index contributed by atoms with van der Waals surface area (Å²) in [4.78, 5) is -0.141. The molecule has 0 heterocycles. The van der Waals surface area contributed by atoms with Crippen molar-refractivity contribution in [1.82, 2.24) is 0 Å². The van der Waals surface area contributed by atoms with Gasteiger partial charge in [-0.05, 0) is 101 Å². The zero-order valence-electron chi connectivity index (χ0n) is 37.1. The average Bonchev–Trinajstić information content (AvgIpc) is 3.14. The van der Waals surface area contributed by atoms with Gasteiger partial charge in [0.2, 0.25) is 0 Å². The molecule has 0 aliphatic heterocycles. The molecular formula is C48H57AlO9S3-3. The summed E-state index contributed by atoms with van der Waals surface area (Å²) in [6.45, 7) is 23.6. The second-order valence-corrected chi connectivity index (χ2v) is 21.0. The van der Waals surface area contributed by atoms with Gasteiger partial charge in [0.1, 0.15) is 30.4 Å². The molecule has 0 fully saturated rings. The third kappa shape index (κ3) is 11.7. The molecule has 6 rings (SSSR count). The molecule has 0 spiro atoms. The van der Waals surface area contributed by atoms with Crippen molar-refractivity contribution in [2.24, 2.45) is 0 Å². The molecule has 0 saturated carbocycles. The molecule has 0 aromatic heterocycles. The summed E-state index contributed by atoms with van der Waals surface area (Å²) in [5, 5.41) is 3.97. The van der Waals surface area contributed by atoms with Gasteiger partial charge >= 0.3 is 0 Å². The Kier molecular flexibility index (Phi) is 17.2. The highest BCUT2D eigenvalue weighted by atomic mass is 32.2. The van der Waals surface area contributed by atoms with Crippen molar-refractivity contribution < 1.29 is 38.9 Å². The fraction of sp³-hybridized carbons (Fsp3) is 0.375. The second-order valence-electron chi connectivity index (χ2n) is 17.1. The number of hydrogen-bond acceptors (Lipinski definition) is 9. The Balaban J connectivity index is 0.000000242. The van der Waals surface area contributed by atoms with Crippen LogP contribution < -0.4 is 0 Å². The molecule has 327 valence electrons. The zero-order valence-corrected chi connectivity index (χ0v) is 40.7. The smallest absolute Gasteiger partial charge is 0.125 e. The average molecular weight is 901 g/mol. The van der Waals surface area contributed by atoms with E-state index in [0.29, 0.717) is 32.8 Å². The van der Waals surface area contributed by atoms with Crippen molar-refractivity contribution >= 4 is 80.0 Å². The molecule has 9 nitrogen and oxygen atoms in total. The topological polar surface area (TPSA) is 172 Å². The van der Waals surface area contributed by atoms with Crippen LogP contribution in [0, 0.1) is 0 Å². The van der Waals surface area contributed by atoms with Gasteiger partial charge in [-0.15, -0.1) is 0 Å². The van der Waals surface area contributed by atoms with Crippen molar-refractivity contribution in [1.29, 1.82) is 0 Å². The maximum absolute atomic E-state index is 11.8. The molecule has 6 aromatic carbocycles. The van der Waals surface area contributed by atoms with Crippen molar-refractivity contribution in [3.8, 4) is 0 Å². The quantitative estimate of drug-likeness (QED) is 0.101. The van der Waals surface area contributed by atoms with Crippen LogP contribution in [0.2, 0.25) is 0 Å². The number of hydrogen-bond donors (Lipinski definition) is 0. The van der Waals surface area contributed by atoms with Gasteiger partial charge in [0.25, 0.3) is 0 Å². The Bertz CT molecular complexity index is 2550. The third-order valence-corrected chi connectivity index (χ3v) is 13.4. The number of benzene rings is 6. The van der Waals surface area contributed by atoms with Gasteiger partial charge in [-0.1, -0.05) is 174 Å². The lowest BCUT2D eigenvalue weighted by Gasteiger charge is -2.24. The first-order chi connectivity index (χ1) is 27.7. The highest BCUT2D eigenvalue weighted by molar-refractivity contribution is 7.86. The van der Waals surface area contributed by atoms with Gasteiger partial charge in [-0.3, -0.25) is 0 Å². The van der Waals surface area contributed by atoms with Crippen LogP contribution in [-0.4, -0.2) is 56.3 Å². The van der Waals surface area contributed by atoms with Crippen molar-refractivity contribution in [2.45, 2.75) is 133 Å². The molecule has 3 radical (unpaired) electrons. The Hall–Kier alpha value is -3.64. The first-order valence-electron chi connectivity index (χ1n) is 20.2. The normalized spacial score (nSPS) is 12.3. The van der Waals surface area contributed by atoms with Crippen LogP contribution in [0.5, 0.6) is 0 Å². The highest BCUT2D eigenvalue weighted by Gasteiger charge is 2.24. The summed E-state index contributed by atoms with van der Waals surface area (Å²) in [5.41, 5.74) is 4.80. The molecule has 0 N–H and O–H groups in total. The van der Waals surface area contributed by atoms with E-state index in [1.54, 1.807) is 36.4 Å². The Morgan fingerprint density at radius 1 is 0.344 bits per heavy atom. The minimum Gasteiger partial charge on any atom is -0.744 e. The van der Waals surface area contributed by atoms with Crippen molar-refractivity contribution in [3.63, 3.8) is 0 Å². The molecule has 0 unspecified atom stereocenters. The van der Waals surface area contributed by atoms with Crippen LogP contribution in [0.25, 0.3) is 32.3 Å². The van der Waals surface area contributed by atoms with E-state index in [1.807, 2.05) is 138 Å². The Morgan fingerprint density at radius 2 is 0.541 bits per heavy atom. The fourth-order valence-corrected chi connectivity index (χ4v) is 11.3. The van der Waals surface area contributed by atoms with Crippen molar-refractivity contribution in [2.75, 3.05) is 0 Å². The summed E-state index contributed by atoms with van der Waals surface area (Å²) < 4.78 is 106. The molecule has 0 amide bonds. The van der Waals surface area contributed by atoms with E-state index in [0.717, 1.165) is 32.8 Å². The molecule has 0 atom stereocenters. The Labute approximate surface area is 374 Å². The van der Waals surface area contributed by atoms with Crippen LogP contribution in [-0.2, 0) is 30.4 Å². The van der Waals surface area contributed by atoms with Gasteiger partial charge in [-0.2, -0.15) is 0 Å². The minimum absolute atomic E-state index is 0. The second kappa shape index (κ2) is 20.3. The first-order valence-corrected chi connectivity index (χ1v) is 24.5. The molecule has 0 aliphatic rings. The molecular weight excluding hydrogens is 844 g/mol. The fourth-order valence-electron chi connectivity index (χ4n) is 8.08. The van der Waals surface area contributed by atoms with Gasteiger partial charge in [0.15, 0.2) is 0 Å². The van der Waals surface area contributed by atoms with Crippen LogP contribution in [0.3, 0.4) is 0 Å². The van der Waals surface area contributed by atoms with Crippen molar-refractivity contribution in [3.05, 3.63) is 124 Å². The van der Waals surface area contributed by atoms with Crippen LogP contribution in [0.1, 0.15) is 152 Å². The lowest BCUT2D eigenvalue weighted by atomic mass is 9.88. The monoisotopic (exact) mass is 900 g/mol. The SMILES string of the molecule is CC(C)c1cc2ccccc2c(S(=O)(=O)[O-])c1C(C)C.CC(C)c1cc2ccccc2c(S(=O)(=O)[O-])c1C(C)C.CC(C)c1cc2ccccc2c(S(=O)(=O)[O-])c1C(C)C.[Al]. The largest absolute Gasteiger partial charge is 0.744 e. The Morgan fingerprint density at radius 3 is 0.705 bits per heavy atom. The standard InChI is InChI=1S/3C16H20O3S.Al/c3*1-10(2)14-9-12-7-5-6-8-13(12)16(20(17,18)19)15(14)11(3)4;/h3*5-11H,1-4H3,(H,17,18,19);/p-3. The first kappa shape index (κ1) is 51.7. The van der Waals surface area contributed by atoms with Crippen LogP contribution in [0.15, 0.2) is 106 Å². The summed E-state index contributed by atoms with van der Waals surface area (Å²) in [6.07, 6.45) is 0. The summed E-state index contributed by atoms with van der Waals surface area (Å²) in [6, 6.07) is 27.5. The summed E-state index contributed by atoms with van der Waals surface area (Å²) in [5.74, 6) is 0.440. The summed E-state index contributed by atoms with van der Waals surface area (Å²) >= 11 is 0. The van der Waals surface area contributed by atoms with E-state index in [1.165, 1.54) is 0 Å². The number of rotatable bonds is 9. The van der Waals surface area contributed by atoms with Gasteiger partial charge in [0.05, 0.1) is 14.7 Å². The predicted octanol–water partition coefficient (Wildman–Crippen LogP) is 11.6. The minimum atomic E-state index is -4.51.